The Bertz CT molecular complexity index is 984. The zero-order valence-corrected chi connectivity index (χ0v) is 16.4. The van der Waals surface area contributed by atoms with Gasteiger partial charge in [0.1, 0.15) is 6.54 Å². The minimum atomic E-state index is -0.220. The maximum absolute atomic E-state index is 12.3. The van der Waals surface area contributed by atoms with Crippen LogP contribution in [0.4, 0.5) is 5.69 Å². The zero-order valence-electron chi connectivity index (χ0n) is 16.4. The van der Waals surface area contributed by atoms with Crippen LogP contribution in [0.15, 0.2) is 36.4 Å². The number of ether oxygens (including phenoxy) is 2. The fourth-order valence-corrected chi connectivity index (χ4v) is 2.70. The molecule has 8 heteroatoms. The average Bonchev–Trinajstić information content (AvgIpc) is 3.13. The SMILES string of the molecule is CCOc1cc(-c2nnn(CC(=O)Nc3cc(C)ccc3C)n2)ccc1OC. The summed E-state index contributed by atoms with van der Waals surface area (Å²) in [5.41, 5.74) is 3.58. The van der Waals surface area contributed by atoms with Crippen LogP contribution in [0.5, 0.6) is 11.5 Å². The van der Waals surface area contributed by atoms with Crippen LogP contribution in [0, 0.1) is 13.8 Å². The van der Waals surface area contributed by atoms with Crippen molar-refractivity contribution in [2.75, 3.05) is 19.0 Å². The molecule has 1 amide bonds. The molecule has 0 atom stereocenters. The molecule has 0 bridgehead atoms. The number of carbonyl (C=O) groups is 1. The molecule has 1 aromatic heterocycles. The minimum Gasteiger partial charge on any atom is -0.493 e. The molecule has 1 N–H and O–H groups in total. The number of carbonyl (C=O) groups excluding carboxylic acids is 1. The highest BCUT2D eigenvalue weighted by Crippen LogP contribution is 2.31. The molecule has 0 saturated heterocycles. The van der Waals surface area contributed by atoms with Crippen LogP contribution in [0.1, 0.15) is 18.1 Å². The van der Waals surface area contributed by atoms with Crippen LogP contribution in [0.2, 0.25) is 0 Å². The summed E-state index contributed by atoms with van der Waals surface area (Å²) in [7, 11) is 1.58. The van der Waals surface area contributed by atoms with Crippen molar-refractivity contribution in [3.8, 4) is 22.9 Å². The molecule has 0 saturated carbocycles. The lowest BCUT2D eigenvalue weighted by Crippen LogP contribution is -2.21. The van der Waals surface area contributed by atoms with E-state index in [1.54, 1.807) is 19.2 Å². The van der Waals surface area contributed by atoms with Crippen molar-refractivity contribution >= 4 is 11.6 Å². The molecule has 0 radical (unpaired) electrons. The lowest BCUT2D eigenvalue weighted by molar-refractivity contribution is -0.117. The van der Waals surface area contributed by atoms with Gasteiger partial charge in [-0.05, 0) is 61.4 Å². The van der Waals surface area contributed by atoms with E-state index in [9.17, 15) is 4.79 Å². The number of anilines is 1. The normalized spacial score (nSPS) is 10.6. The van der Waals surface area contributed by atoms with Crippen LogP contribution in [-0.4, -0.2) is 39.8 Å². The number of tetrazole rings is 1. The first-order valence-corrected chi connectivity index (χ1v) is 8.96. The van der Waals surface area contributed by atoms with Gasteiger partial charge in [0.15, 0.2) is 11.5 Å². The van der Waals surface area contributed by atoms with Crippen LogP contribution in [-0.2, 0) is 11.3 Å². The van der Waals surface area contributed by atoms with Crippen molar-refractivity contribution in [3.63, 3.8) is 0 Å². The second-order valence-electron chi connectivity index (χ2n) is 6.31. The monoisotopic (exact) mass is 381 g/mol. The van der Waals surface area contributed by atoms with Gasteiger partial charge in [-0.15, -0.1) is 10.2 Å². The quantitative estimate of drug-likeness (QED) is 0.676. The van der Waals surface area contributed by atoms with Gasteiger partial charge in [-0.1, -0.05) is 12.1 Å². The van der Waals surface area contributed by atoms with E-state index in [0.29, 0.717) is 23.9 Å². The van der Waals surface area contributed by atoms with Crippen LogP contribution < -0.4 is 14.8 Å². The third kappa shape index (κ3) is 4.46. The number of aryl methyl sites for hydroxylation is 2. The Hall–Kier alpha value is -3.42. The number of nitrogens with one attached hydrogen (secondary N) is 1. The van der Waals surface area contributed by atoms with Gasteiger partial charge in [0.05, 0.1) is 13.7 Å². The summed E-state index contributed by atoms with van der Waals surface area (Å²) in [4.78, 5) is 13.6. The third-order valence-corrected chi connectivity index (χ3v) is 4.13. The molecule has 3 aromatic rings. The van der Waals surface area contributed by atoms with Gasteiger partial charge >= 0.3 is 0 Å². The number of hydrogen-bond acceptors (Lipinski definition) is 6. The van der Waals surface area contributed by atoms with Gasteiger partial charge < -0.3 is 14.8 Å². The van der Waals surface area contributed by atoms with Crippen molar-refractivity contribution in [2.24, 2.45) is 0 Å². The van der Waals surface area contributed by atoms with Gasteiger partial charge in [-0.3, -0.25) is 4.79 Å². The van der Waals surface area contributed by atoms with Gasteiger partial charge in [0, 0.05) is 11.3 Å². The number of methoxy groups -OCH3 is 1. The summed E-state index contributed by atoms with van der Waals surface area (Å²) in [5.74, 6) is 1.42. The van der Waals surface area contributed by atoms with Crippen molar-refractivity contribution in [1.29, 1.82) is 0 Å². The molecule has 1 heterocycles. The summed E-state index contributed by atoms with van der Waals surface area (Å²) in [6, 6.07) is 11.3. The average molecular weight is 381 g/mol. The smallest absolute Gasteiger partial charge is 0.248 e. The number of aromatic nitrogens is 4. The largest absolute Gasteiger partial charge is 0.493 e. The molecule has 8 nitrogen and oxygen atoms in total. The van der Waals surface area contributed by atoms with E-state index >= 15 is 0 Å². The van der Waals surface area contributed by atoms with E-state index in [-0.39, 0.29) is 12.5 Å². The van der Waals surface area contributed by atoms with Gasteiger partial charge in [0.25, 0.3) is 0 Å². The molecular formula is C20H23N5O3. The molecule has 0 spiro atoms. The van der Waals surface area contributed by atoms with Crippen LogP contribution in [0.25, 0.3) is 11.4 Å². The Kier molecular flexibility index (Phi) is 5.88. The molecule has 0 aliphatic rings. The van der Waals surface area contributed by atoms with E-state index in [0.717, 1.165) is 22.4 Å². The summed E-state index contributed by atoms with van der Waals surface area (Å²) in [5, 5.41) is 15.2. The highest BCUT2D eigenvalue weighted by Gasteiger charge is 2.13. The van der Waals surface area contributed by atoms with Crippen LogP contribution in [0.3, 0.4) is 0 Å². The Morgan fingerprint density at radius 1 is 1.14 bits per heavy atom. The predicted molar refractivity (Wildman–Crippen MR) is 106 cm³/mol. The minimum absolute atomic E-state index is 0.0329. The summed E-state index contributed by atoms with van der Waals surface area (Å²) in [6.07, 6.45) is 0. The van der Waals surface area contributed by atoms with Crippen molar-refractivity contribution in [1.82, 2.24) is 20.2 Å². The number of rotatable bonds is 7. The first-order valence-electron chi connectivity index (χ1n) is 8.96. The molecule has 0 unspecified atom stereocenters. The van der Waals surface area contributed by atoms with Gasteiger partial charge in [-0.2, -0.15) is 4.80 Å². The molecule has 146 valence electrons. The predicted octanol–water partition coefficient (Wildman–Crippen LogP) is 3.00. The first-order chi connectivity index (χ1) is 13.5. The second-order valence-corrected chi connectivity index (χ2v) is 6.31. The highest BCUT2D eigenvalue weighted by molar-refractivity contribution is 5.91. The molecule has 0 aliphatic heterocycles. The molecule has 0 fully saturated rings. The van der Waals surface area contributed by atoms with Crippen LogP contribution >= 0.6 is 0 Å². The topological polar surface area (TPSA) is 91.2 Å². The molecule has 28 heavy (non-hydrogen) atoms. The van der Waals surface area contributed by atoms with E-state index < -0.39 is 0 Å². The lowest BCUT2D eigenvalue weighted by atomic mass is 10.1. The van der Waals surface area contributed by atoms with Crippen molar-refractivity contribution in [2.45, 2.75) is 27.3 Å². The summed E-state index contributed by atoms with van der Waals surface area (Å²) >= 11 is 0. The van der Waals surface area contributed by atoms with Crippen molar-refractivity contribution in [3.05, 3.63) is 47.5 Å². The van der Waals surface area contributed by atoms with E-state index in [1.807, 2.05) is 45.0 Å². The molecular weight excluding hydrogens is 358 g/mol. The standard InChI is InChI=1S/C20H23N5O3/c1-5-28-18-11-15(8-9-17(18)27-4)20-22-24-25(23-20)12-19(26)21-16-10-13(2)6-7-14(16)3/h6-11H,5,12H2,1-4H3,(H,21,26). The zero-order chi connectivity index (χ0) is 20.1. The summed E-state index contributed by atoms with van der Waals surface area (Å²) in [6.45, 7) is 6.30. The van der Waals surface area contributed by atoms with E-state index in [4.69, 9.17) is 9.47 Å². The summed E-state index contributed by atoms with van der Waals surface area (Å²) < 4.78 is 10.9. The Labute approximate surface area is 163 Å². The molecule has 2 aromatic carbocycles. The Balaban J connectivity index is 1.72. The fraction of sp³-hybridized carbons (Fsp3) is 0.300. The van der Waals surface area contributed by atoms with E-state index in [2.05, 4.69) is 20.7 Å². The second kappa shape index (κ2) is 8.51. The number of hydrogen-bond donors (Lipinski definition) is 1. The molecule has 3 rings (SSSR count). The number of nitrogens with zero attached hydrogens (tertiary/aromatic N) is 4. The molecule has 0 aliphatic carbocycles. The Morgan fingerprint density at radius 2 is 1.96 bits per heavy atom. The van der Waals surface area contributed by atoms with Gasteiger partial charge in [-0.25, -0.2) is 0 Å². The maximum Gasteiger partial charge on any atom is 0.248 e. The first kappa shape index (κ1) is 19.3. The van der Waals surface area contributed by atoms with Crippen molar-refractivity contribution < 1.29 is 14.3 Å². The highest BCUT2D eigenvalue weighted by atomic mass is 16.5. The Morgan fingerprint density at radius 3 is 2.71 bits per heavy atom. The maximum atomic E-state index is 12.3. The number of benzene rings is 2. The van der Waals surface area contributed by atoms with E-state index in [1.165, 1.54) is 4.80 Å². The lowest BCUT2D eigenvalue weighted by Gasteiger charge is -2.09. The van der Waals surface area contributed by atoms with Gasteiger partial charge in [0.2, 0.25) is 11.7 Å². The fourth-order valence-electron chi connectivity index (χ4n) is 2.70. The third-order valence-electron chi connectivity index (χ3n) is 4.13. The number of amides is 1.